The number of ether oxygens (including phenoxy) is 2. The summed E-state index contributed by atoms with van der Waals surface area (Å²) in [6.45, 7) is 2.57. The van der Waals surface area contributed by atoms with Gasteiger partial charge in [-0.05, 0) is 32.6 Å². The van der Waals surface area contributed by atoms with Crippen molar-refractivity contribution in [2.75, 3.05) is 13.2 Å². The zero-order valence-electron chi connectivity index (χ0n) is 12.3. The van der Waals surface area contributed by atoms with E-state index in [1.165, 1.54) is 0 Å². The third-order valence-corrected chi connectivity index (χ3v) is 3.26. The Kier molecular flexibility index (Phi) is 7.74. The van der Waals surface area contributed by atoms with Crippen LogP contribution in [0.4, 0.5) is 0 Å². The van der Waals surface area contributed by atoms with Crippen molar-refractivity contribution in [1.29, 1.82) is 0 Å². The molecule has 120 valence electrons. The average molecular weight is 301 g/mol. The maximum atomic E-state index is 11.8. The van der Waals surface area contributed by atoms with Crippen molar-refractivity contribution < 1.29 is 29.0 Å². The van der Waals surface area contributed by atoms with Crippen molar-refractivity contribution in [2.45, 2.75) is 57.6 Å². The summed E-state index contributed by atoms with van der Waals surface area (Å²) in [4.78, 5) is 34.2. The predicted octanol–water partition coefficient (Wildman–Crippen LogP) is 0.858. The van der Waals surface area contributed by atoms with E-state index in [0.717, 1.165) is 19.3 Å². The fourth-order valence-electron chi connectivity index (χ4n) is 2.18. The van der Waals surface area contributed by atoms with E-state index >= 15 is 0 Å². The van der Waals surface area contributed by atoms with E-state index in [4.69, 9.17) is 14.6 Å². The first kappa shape index (κ1) is 17.4. The molecule has 0 radical (unpaired) electrons. The molecule has 1 heterocycles. The van der Waals surface area contributed by atoms with Crippen LogP contribution in [0.2, 0.25) is 0 Å². The van der Waals surface area contributed by atoms with E-state index in [9.17, 15) is 14.4 Å². The van der Waals surface area contributed by atoms with E-state index in [1.807, 2.05) is 0 Å². The standard InChI is InChI=1S/C14H23NO6/c1-2-20-13(17)7-6-11(14(18)19)15-12(16)9-10-5-3-4-8-21-10/h10-11H,2-9H2,1H3,(H,15,16)(H,18,19)/t10?,11-/m0/s1. The number of carbonyl (C=O) groups is 3. The van der Waals surface area contributed by atoms with Gasteiger partial charge in [0.2, 0.25) is 5.91 Å². The van der Waals surface area contributed by atoms with E-state index in [1.54, 1.807) is 6.92 Å². The number of carboxylic acid groups (broad SMARTS) is 1. The molecule has 1 aliphatic heterocycles. The molecule has 0 aromatic carbocycles. The molecule has 1 fully saturated rings. The quantitative estimate of drug-likeness (QED) is 0.645. The molecule has 0 aliphatic carbocycles. The highest BCUT2D eigenvalue weighted by Gasteiger charge is 2.24. The fraction of sp³-hybridized carbons (Fsp3) is 0.786. The molecule has 7 heteroatoms. The molecule has 1 aliphatic rings. The Morgan fingerprint density at radius 1 is 1.38 bits per heavy atom. The normalized spacial score (nSPS) is 19.6. The lowest BCUT2D eigenvalue weighted by Crippen LogP contribution is -2.42. The van der Waals surface area contributed by atoms with E-state index < -0.39 is 18.0 Å². The smallest absolute Gasteiger partial charge is 0.326 e. The van der Waals surface area contributed by atoms with Gasteiger partial charge < -0.3 is 19.9 Å². The Balaban J connectivity index is 2.36. The minimum absolute atomic E-state index is 0.0193. The largest absolute Gasteiger partial charge is 0.480 e. The van der Waals surface area contributed by atoms with E-state index in [-0.39, 0.29) is 37.9 Å². The average Bonchev–Trinajstić information content (AvgIpc) is 2.44. The lowest BCUT2D eigenvalue weighted by Gasteiger charge is -2.23. The van der Waals surface area contributed by atoms with Gasteiger partial charge >= 0.3 is 11.9 Å². The van der Waals surface area contributed by atoms with Gasteiger partial charge in [0.1, 0.15) is 6.04 Å². The van der Waals surface area contributed by atoms with Crippen LogP contribution in [-0.2, 0) is 23.9 Å². The van der Waals surface area contributed by atoms with Crippen LogP contribution < -0.4 is 5.32 Å². The van der Waals surface area contributed by atoms with Crippen molar-refractivity contribution in [3.8, 4) is 0 Å². The molecule has 0 aromatic rings. The summed E-state index contributed by atoms with van der Waals surface area (Å²) >= 11 is 0. The number of carbonyl (C=O) groups excluding carboxylic acids is 2. The Hall–Kier alpha value is -1.63. The topological polar surface area (TPSA) is 102 Å². The summed E-state index contributed by atoms with van der Waals surface area (Å²) < 4.78 is 10.2. The SMILES string of the molecule is CCOC(=O)CC[C@H](NC(=O)CC1CCCCO1)C(=O)O. The molecule has 2 N–H and O–H groups in total. The van der Waals surface area contributed by atoms with Crippen LogP contribution in [0, 0.1) is 0 Å². The summed E-state index contributed by atoms with van der Waals surface area (Å²) in [7, 11) is 0. The number of hydrogen-bond acceptors (Lipinski definition) is 5. The number of aliphatic carboxylic acids is 1. The first-order chi connectivity index (χ1) is 10.0. The summed E-state index contributed by atoms with van der Waals surface area (Å²) in [5.41, 5.74) is 0. The van der Waals surface area contributed by atoms with Crippen molar-refractivity contribution >= 4 is 17.8 Å². The van der Waals surface area contributed by atoms with E-state index in [2.05, 4.69) is 5.32 Å². The molecule has 2 atom stereocenters. The van der Waals surface area contributed by atoms with Crippen molar-refractivity contribution in [1.82, 2.24) is 5.32 Å². The van der Waals surface area contributed by atoms with Gasteiger partial charge in [-0.25, -0.2) is 4.79 Å². The van der Waals surface area contributed by atoms with Gasteiger partial charge in [0.25, 0.3) is 0 Å². The Morgan fingerprint density at radius 2 is 2.14 bits per heavy atom. The summed E-state index contributed by atoms with van der Waals surface area (Å²) in [5, 5.41) is 11.5. The van der Waals surface area contributed by atoms with Gasteiger partial charge in [0, 0.05) is 13.0 Å². The number of rotatable bonds is 8. The van der Waals surface area contributed by atoms with Gasteiger partial charge in [-0.3, -0.25) is 9.59 Å². The van der Waals surface area contributed by atoms with Crippen LogP contribution in [0.25, 0.3) is 0 Å². The molecular weight excluding hydrogens is 278 g/mol. The van der Waals surface area contributed by atoms with Crippen LogP contribution in [0.15, 0.2) is 0 Å². The second kappa shape index (κ2) is 9.33. The minimum atomic E-state index is -1.16. The van der Waals surface area contributed by atoms with Crippen molar-refractivity contribution in [3.63, 3.8) is 0 Å². The predicted molar refractivity (Wildman–Crippen MR) is 73.6 cm³/mol. The molecule has 0 spiro atoms. The molecule has 21 heavy (non-hydrogen) atoms. The molecule has 0 bridgehead atoms. The van der Waals surface area contributed by atoms with Crippen LogP contribution in [-0.4, -0.2) is 48.3 Å². The first-order valence-electron chi connectivity index (χ1n) is 7.32. The Morgan fingerprint density at radius 3 is 2.71 bits per heavy atom. The van der Waals surface area contributed by atoms with Gasteiger partial charge in [-0.15, -0.1) is 0 Å². The molecule has 1 rings (SSSR count). The molecule has 1 saturated heterocycles. The highest BCUT2D eigenvalue weighted by Crippen LogP contribution is 2.15. The molecule has 0 aromatic heterocycles. The third-order valence-electron chi connectivity index (χ3n) is 3.26. The molecule has 1 amide bonds. The number of carboxylic acids is 1. The highest BCUT2D eigenvalue weighted by atomic mass is 16.5. The maximum Gasteiger partial charge on any atom is 0.326 e. The molecule has 7 nitrogen and oxygen atoms in total. The third kappa shape index (κ3) is 7.08. The molecule has 0 saturated carbocycles. The van der Waals surface area contributed by atoms with Crippen LogP contribution >= 0.6 is 0 Å². The summed E-state index contributed by atoms with van der Waals surface area (Å²) in [5.74, 6) is -1.98. The maximum absolute atomic E-state index is 11.8. The van der Waals surface area contributed by atoms with Crippen LogP contribution in [0.1, 0.15) is 45.4 Å². The van der Waals surface area contributed by atoms with Gasteiger partial charge in [0.15, 0.2) is 0 Å². The Bertz CT molecular complexity index is 364. The summed E-state index contributed by atoms with van der Waals surface area (Å²) in [6.07, 6.45) is 2.82. The lowest BCUT2D eigenvalue weighted by molar-refractivity contribution is -0.145. The molecule has 1 unspecified atom stereocenters. The Labute approximate surface area is 124 Å². The number of hydrogen-bond donors (Lipinski definition) is 2. The number of esters is 1. The second-order valence-corrected chi connectivity index (χ2v) is 4.99. The lowest BCUT2D eigenvalue weighted by atomic mass is 10.1. The fourth-order valence-corrected chi connectivity index (χ4v) is 2.18. The van der Waals surface area contributed by atoms with Crippen LogP contribution in [0.3, 0.4) is 0 Å². The van der Waals surface area contributed by atoms with Crippen molar-refractivity contribution in [3.05, 3.63) is 0 Å². The second-order valence-electron chi connectivity index (χ2n) is 4.99. The summed E-state index contributed by atoms with van der Waals surface area (Å²) in [6, 6.07) is -1.08. The monoisotopic (exact) mass is 301 g/mol. The zero-order valence-corrected chi connectivity index (χ0v) is 12.3. The highest BCUT2D eigenvalue weighted by molar-refractivity contribution is 5.84. The van der Waals surface area contributed by atoms with Gasteiger partial charge in [0.05, 0.1) is 19.1 Å². The molecular formula is C14H23NO6. The van der Waals surface area contributed by atoms with Gasteiger partial charge in [-0.2, -0.15) is 0 Å². The number of amides is 1. The number of nitrogens with one attached hydrogen (secondary N) is 1. The zero-order chi connectivity index (χ0) is 15.7. The van der Waals surface area contributed by atoms with Crippen LogP contribution in [0.5, 0.6) is 0 Å². The van der Waals surface area contributed by atoms with E-state index in [0.29, 0.717) is 6.61 Å². The van der Waals surface area contributed by atoms with Crippen molar-refractivity contribution in [2.24, 2.45) is 0 Å². The first-order valence-corrected chi connectivity index (χ1v) is 7.32. The van der Waals surface area contributed by atoms with Gasteiger partial charge in [-0.1, -0.05) is 0 Å². The minimum Gasteiger partial charge on any atom is -0.480 e.